The summed E-state index contributed by atoms with van der Waals surface area (Å²) in [6, 6.07) is 3.23. The molecule has 2 N–H and O–H groups in total. The van der Waals surface area contributed by atoms with Gasteiger partial charge in [0.25, 0.3) is 5.91 Å². The van der Waals surface area contributed by atoms with Crippen molar-refractivity contribution in [3.8, 4) is 11.8 Å². The van der Waals surface area contributed by atoms with Crippen molar-refractivity contribution in [3.05, 3.63) is 29.6 Å². The molecule has 0 aliphatic heterocycles. The molecule has 6 nitrogen and oxygen atoms in total. The van der Waals surface area contributed by atoms with E-state index >= 15 is 0 Å². The molecule has 1 aromatic rings. The first-order valence-corrected chi connectivity index (χ1v) is 8.11. The lowest BCUT2D eigenvalue weighted by Crippen LogP contribution is -2.44. The predicted octanol–water partition coefficient (Wildman–Crippen LogP) is -0.0216. The highest BCUT2D eigenvalue weighted by Gasteiger charge is 2.30. The Morgan fingerprint density at radius 2 is 2.14 bits per heavy atom. The molecule has 0 radical (unpaired) electrons. The molecule has 1 heterocycles. The number of aromatic nitrogens is 1. The zero-order valence-electron chi connectivity index (χ0n) is 12.2. The van der Waals surface area contributed by atoms with E-state index in [2.05, 4.69) is 22.1 Å². The van der Waals surface area contributed by atoms with Crippen molar-refractivity contribution >= 4 is 15.7 Å². The summed E-state index contributed by atoms with van der Waals surface area (Å²) in [6.07, 6.45) is 2.57. The molecule has 0 aliphatic carbocycles. The number of carbonyl (C=O) groups is 1. The molecule has 0 aliphatic rings. The lowest BCUT2D eigenvalue weighted by Gasteiger charge is -2.22. The van der Waals surface area contributed by atoms with Gasteiger partial charge >= 0.3 is 0 Å². The van der Waals surface area contributed by atoms with Gasteiger partial charge in [-0.15, -0.1) is 0 Å². The van der Waals surface area contributed by atoms with Crippen LogP contribution in [0, 0.1) is 11.8 Å². The molecule has 21 heavy (non-hydrogen) atoms. The number of nitrogens with zero attached hydrogens (tertiary/aromatic N) is 1. The summed E-state index contributed by atoms with van der Waals surface area (Å²) >= 11 is 0. The van der Waals surface area contributed by atoms with Crippen LogP contribution in [-0.2, 0) is 9.84 Å². The standard InChI is InChI=1S/C14H18N2O4S/c1-14(2,21(3,19)20)10-16-13(18)12-11(7-5-9-17)6-4-8-15-12/h4,6,8,17H,9-10H2,1-3H3,(H,16,18). The third-order valence-corrected chi connectivity index (χ3v) is 5.16. The molecule has 7 heteroatoms. The summed E-state index contributed by atoms with van der Waals surface area (Å²) in [6.45, 7) is 2.71. The van der Waals surface area contributed by atoms with Gasteiger partial charge in [0.15, 0.2) is 9.84 Å². The number of amides is 1. The van der Waals surface area contributed by atoms with Gasteiger partial charge in [-0.1, -0.05) is 11.8 Å². The van der Waals surface area contributed by atoms with E-state index in [0.717, 1.165) is 6.26 Å². The number of aliphatic hydroxyl groups excluding tert-OH is 1. The van der Waals surface area contributed by atoms with Crippen LogP contribution in [0.3, 0.4) is 0 Å². The fourth-order valence-corrected chi connectivity index (χ4v) is 1.66. The summed E-state index contributed by atoms with van der Waals surface area (Å²) in [7, 11) is -3.30. The van der Waals surface area contributed by atoms with Gasteiger partial charge in [-0.05, 0) is 26.0 Å². The van der Waals surface area contributed by atoms with Gasteiger partial charge in [0.2, 0.25) is 0 Å². The summed E-state index contributed by atoms with van der Waals surface area (Å²) in [5.74, 6) is 4.57. The molecule has 0 fully saturated rings. The molecule has 1 amide bonds. The molecule has 0 bridgehead atoms. The number of carbonyl (C=O) groups excluding carboxylic acids is 1. The first-order chi connectivity index (χ1) is 9.69. The van der Waals surface area contributed by atoms with Gasteiger partial charge in [0.1, 0.15) is 12.3 Å². The second kappa shape index (κ2) is 6.70. The van der Waals surface area contributed by atoms with Crippen LogP contribution in [0.1, 0.15) is 29.9 Å². The molecule has 0 atom stereocenters. The van der Waals surface area contributed by atoms with Gasteiger partial charge in [0, 0.05) is 19.0 Å². The minimum absolute atomic E-state index is 0.0336. The van der Waals surface area contributed by atoms with Crippen molar-refractivity contribution in [1.29, 1.82) is 0 Å². The Hall–Kier alpha value is -1.91. The minimum Gasteiger partial charge on any atom is -0.384 e. The largest absolute Gasteiger partial charge is 0.384 e. The topological polar surface area (TPSA) is 96.4 Å². The van der Waals surface area contributed by atoms with Crippen molar-refractivity contribution in [2.24, 2.45) is 0 Å². The maximum Gasteiger partial charge on any atom is 0.271 e. The first kappa shape index (κ1) is 17.1. The maximum absolute atomic E-state index is 12.1. The zero-order valence-corrected chi connectivity index (χ0v) is 13.0. The minimum atomic E-state index is -3.30. The average molecular weight is 310 g/mol. The van der Waals surface area contributed by atoms with Crippen LogP contribution in [0.15, 0.2) is 18.3 Å². The van der Waals surface area contributed by atoms with E-state index in [0.29, 0.717) is 5.56 Å². The highest BCUT2D eigenvalue weighted by molar-refractivity contribution is 7.92. The van der Waals surface area contributed by atoms with Crippen molar-refractivity contribution in [1.82, 2.24) is 10.3 Å². The second-order valence-corrected chi connectivity index (χ2v) is 7.72. The van der Waals surface area contributed by atoms with Crippen LogP contribution in [-0.4, -0.2) is 48.6 Å². The third kappa shape index (κ3) is 4.55. The summed E-state index contributed by atoms with van der Waals surface area (Å²) in [5, 5.41) is 11.2. The Morgan fingerprint density at radius 1 is 1.48 bits per heavy atom. The summed E-state index contributed by atoms with van der Waals surface area (Å²) in [4.78, 5) is 16.1. The van der Waals surface area contributed by atoms with Gasteiger partial charge in [-0.25, -0.2) is 13.4 Å². The zero-order chi connectivity index (χ0) is 16.1. The lowest BCUT2D eigenvalue weighted by molar-refractivity contribution is 0.0945. The van der Waals surface area contributed by atoms with Crippen LogP contribution in [0.4, 0.5) is 0 Å². The molecular formula is C14H18N2O4S. The molecule has 0 saturated heterocycles. The molecule has 0 spiro atoms. The maximum atomic E-state index is 12.1. The molecule has 0 aromatic carbocycles. The molecule has 1 rings (SSSR count). The lowest BCUT2D eigenvalue weighted by atomic mass is 10.1. The first-order valence-electron chi connectivity index (χ1n) is 6.21. The number of nitrogens with one attached hydrogen (secondary N) is 1. The number of aliphatic hydroxyl groups is 1. The van der Waals surface area contributed by atoms with E-state index in [1.807, 2.05) is 0 Å². The summed E-state index contributed by atoms with van der Waals surface area (Å²) in [5.41, 5.74) is 0.476. The Bertz CT molecular complexity index is 684. The normalized spacial score (nSPS) is 11.4. The van der Waals surface area contributed by atoms with Crippen molar-refractivity contribution in [2.75, 3.05) is 19.4 Å². The number of hydrogen-bond donors (Lipinski definition) is 2. The third-order valence-electron chi connectivity index (χ3n) is 3.00. The van der Waals surface area contributed by atoms with E-state index in [1.54, 1.807) is 12.1 Å². The monoisotopic (exact) mass is 310 g/mol. The smallest absolute Gasteiger partial charge is 0.271 e. The quantitative estimate of drug-likeness (QED) is 0.762. The van der Waals surface area contributed by atoms with Crippen LogP contribution in [0.2, 0.25) is 0 Å². The molecule has 0 saturated carbocycles. The van der Waals surface area contributed by atoms with Gasteiger partial charge in [-0.3, -0.25) is 4.79 Å². The average Bonchev–Trinajstić information content (AvgIpc) is 2.41. The number of hydrogen-bond acceptors (Lipinski definition) is 5. The van der Waals surface area contributed by atoms with Gasteiger partial charge < -0.3 is 10.4 Å². The van der Waals surface area contributed by atoms with Crippen molar-refractivity contribution < 1.29 is 18.3 Å². The van der Waals surface area contributed by atoms with E-state index in [-0.39, 0.29) is 18.8 Å². The molecule has 0 unspecified atom stereocenters. The predicted molar refractivity (Wildman–Crippen MR) is 79.5 cm³/mol. The number of rotatable bonds is 4. The fourth-order valence-electron chi connectivity index (χ4n) is 1.33. The van der Waals surface area contributed by atoms with Crippen molar-refractivity contribution in [3.63, 3.8) is 0 Å². The molecular weight excluding hydrogens is 292 g/mol. The number of pyridine rings is 1. The number of sulfone groups is 1. The highest BCUT2D eigenvalue weighted by Crippen LogP contribution is 2.14. The Morgan fingerprint density at radius 3 is 2.71 bits per heavy atom. The Labute approximate surface area is 124 Å². The van der Waals surface area contributed by atoms with Crippen LogP contribution in [0.25, 0.3) is 0 Å². The van der Waals surface area contributed by atoms with E-state index in [1.165, 1.54) is 20.0 Å². The van der Waals surface area contributed by atoms with Crippen LogP contribution < -0.4 is 5.32 Å². The van der Waals surface area contributed by atoms with Crippen LogP contribution >= 0.6 is 0 Å². The Kier molecular flexibility index (Phi) is 5.47. The van der Waals surface area contributed by atoms with Gasteiger partial charge in [0.05, 0.1) is 10.3 Å². The van der Waals surface area contributed by atoms with E-state index in [9.17, 15) is 13.2 Å². The highest BCUT2D eigenvalue weighted by atomic mass is 32.2. The van der Waals surface area contributed by atoms with E-state index in [4.69, 9.17) is 5.11 Å². The summed E-state index contributed by atoms with van der Waals surface area (Å²) < 4.78 is 22.1. The SMILES string of the molecule is CC(C)(CNC(=O)c1ncccc1C#CCO)S(C)(=O)=O. The second-order valence-electron chi connectivity index (χ2n) is 5.07. The fraction of sp³-hybridized carbons (Fsp3) is 0.429. The Balaban J connectivity index is 2.92. The van der Waals surface area contributed by atoms with Crippen LogP contribution in [0.5, 0.6) is 0 Å². The molecule has 114 valence electrons. The van der Waals surface area contributed by atoms with Crippen molar-refractivity contribution in [2.45, 2.75) is 18.6 Å². The molecule has 1 aromatic heterocycles. The van der Waals surface area contributed by atoms with E-state index < -0.39 is 20.5 Å². The van der Waals surface area contributed by atoms with Gasteiger partial charge in [-0.2, -0.15) is 0 Å².